The van der Waals surface area contributed by atoms with E-state index < -0.39 is 0 Å². The van der Waals surface area contributed by atoms with E-state index in [1.807, 2.05) is 42.5 Å². The van der Waals surface area contributed by atoms with Crippen molar-refractivity contribution in [2.24, 2.45) is 0 Å². The van der Waals surface area contributed by atoms with Gasteiger partial charge in [0, 0.05) is 42.7 Å². The molecule has 2 heterocycles. The number of amides is 1. The van der Waals surface area contributed by atoms with Crippen molar-refractivity contribution in [2.45, 2.75) is 71.9 Å². The monoisotopic (exact) mass is 399 g/mol. The fraction of sp³-hybridized carbons (Fsp3) is 0.636. The fourth-order valence-corrected chi connectivity index (χ4v) is 4.19. The quantitative estimate of drug-likeness (QED) is 0.701. The summed E-state index contributed by atoms with van der Waals surface area (Å²) in [5.41, 5.74) is 1.42. The number of fused-ring (bicyclic) bond motifs is 1. The maximum absolute atomic E-state index is 13.4. The summed E-state index contributed by atoms with van der Waals surface area (Å²) in [6.07, 6.45) is 6.90. The summed E-state index contributed by atoms with van der Waals surface area (Å²) in [5.74, 6) is 0.800. The largest absolute Gasteiger partial charge is 0.343 e. The molecular weight excluding hydrogens is 366 g/mol. The SMILES string of the molecule is CCNCc1ncc2cc(CCC(=O)N(CC)CC)c(=O)n(C3CCCC3)c2n1. The molecule has 1 saturated carbocycles. The molecule has 0 aliphatic heterocycles. The lowest BCUT2D eigenvalue weighted by Crippen LogP contribution is -2.32. The van der Waals surface area contributed by atoms with Crippen LogP contribution in [-0.4, -0.2) is 45.0 Å². The molecule has 3 rings (SSSR count). The highest BCUT2D eigenvalue weighted by atomic mass is 16.2. The van der Waals surface area contributed by atoms with E-state index in [4.69, 9.17) is 4.98 Å². The van der Waals surface area contributed by atoms with E-state index in [9.17, 15) is 9.59 Å². The second-order valence-electron chi connectivity index (χ2n) is 7.69. The van der Waals surface area contributed by atoms with Gasteiger partial charge in [0.1, 0.15) is 11.5 Å². The minimum atomic E-state index is 0.00449. The second kappa shape index (κ2) is 9.96. The van der Waals surface area contributed by atoms with Crippen molar-refractivity contribution in [1.29, 1.82) is 0 Å². The zero-order valence-electron chi connectivity index (χ0n) is 17.9. The Hall–Kier alpha value is -2.28. The smallest absolute Gasteiger partial charge is 0.255 e. The highest BCUT2D eigenvalue weighted by Crippen LogP contribution is 2.30. The van der Waals surface area contributed by atoms with Gasteiger partial charge in [-0.2, -0.15) is 0 Å². The molecule has 1 aliphatic carbocycles. The molecule has 1 aliphatic rings. The summed E-state index contributed by atoms with van der Waals surface area (Å²) in [7, 11) is 0. The van der Waals surface area contributed by atoms with E-state index in [1.165, 1.54) is 0 Å². The molecule has 0 saturated heterocycles. The molecule has 29 heavy (non-hydrogen) atoms. The van der Waals surface area contributed by atoms with Crippen molar-refractivity contribution in [2.75, 3.05) is 19.6 Å². The van der Waals surface area contributed by atoms with Crippen molar-refractivity contribution in [3.63, 3.8) is 0 Å². The second-order valence-corrected chi connectivity index (χ2v) is 7.69. The Morgan fingerprint density at radius 1 is 1.24 bits per heavy atom. The van der Waals surface area contributed by atoms with Gasteiger partial charge in [0.15, 0.2) is 0 Å². The van der Waals surface area contributed by atoms with Gasteiger partial charge in [-0.3, -0.25) is 14.2 Å². The Morgan fingerprint density at radius 2 is 1.97 bits per heavy atom. The third-order valence-corrected chi connectivity index (χ3v) is 5.84. The standard InChI is InChI=1S/C22H33N5O2/c1-4-23-15-19-24-14-17-13-16(11-12-20(28)26(5-2)6-3)22(29)27(21(17)25-19)18-9-7-8-10-18/h13-14,18,23H,4-12,15H2,1-3H3. The van der Waals surface area contributed by atoms with Crippen LogP contribution in [-0.2, 0) is 17.8 Å². The number of nitrogens with one attached hydrogen (secondary N) is 1. The van der Waals surface area contributed by atoms with Gasteiger partial charge in [0.2, 0.25) is 5.91 Å². The molecule has 0 radical (unpaired) electrons. The molecule has 7 nitrogen and oxygen atoms in total. The number of rotatable bonds is 9. The van der Waals surface area contributed by atoms with E-state index in [0.717, 1.165) is 43.3 Å². The summed E-state index contributed by atoms with van der Waals surface area (Å²) in [4.78, 5) is 36.8. The van der Waals surface area contributed by atoms with E-state index >= 15 is 0 Å². The number of aryl methyl sites for hydroxylation is 1. The number of nitrogens with zero attached hydrogens (tertiary/aromatic N) is 4. The van der Waals surface area contributed by atoms with Crippen LogP contribution in [0.1, 0.15) is 70.3 Å². The highest BCUT2D eigenvalue weighted by Gasteiger charge is 2.23. The molecule has 0 spiro atoms. The van der Waals surface area contributed by atoms with E-state index in [-0.39, 0.29) is 17.5 Å². The summed E-state index contributed by atoms with van der Waals surface area (Å²) < 4.78 is 1.89. The Balaban J connectivity index is 1.97. The van der Waals surface area contributed by atoms with E-state index in [0.29, 0.717) is 43.9 Å². The van der Waals surface area contributed by atoms with Gasteiger partial charge in [-0.1, -0.05) is 19.8 Å². The van der Waals surface area contributed by atoms with Gasteiger partial charge in [-0.15, -0.1) is 0 Å². The van der Waals surface area contributed by atoms with E-state index in [2.05, 4.69) is 10.3 Å². The third-order valence-electron chi connectivity index (χ3n) is 5.84. The molecule has 1 amide bonds. The lowest BCUT2D eigenvalue weighted by atomic mass is 10.1. The molecule has 7 heteroatoms. The van der Waals surface area contributed by atoms with Crippen molar-refractivity contribution >= 4 is 16.9 Å². The van der Waals surface area contributed by atoms with Crippen molar-refractivity contribution in [3.05, 3.63) is 34.0 Å². The van der Waals surface area contributed by atoms with Crippen LogP contribution in [0.2, 0.25) is 0 Å². The first kappa shape index (κ1) is 21.4. The molecule has 158 valence electrons. The average Bonchev–Trinajstić information content (AvgIpc) is 3.26. The number of carbonyl (C=O) groups is 1. The summed E-state index contributed by atoms with van der Waals surface area (Å²) >= 11 is 0. The lowest BCUT2D eigenvalue weighted by Gasteiger charge is -2.20. The van der Waals surface area contributed by atoms with E-state index in [1.54, 1.807) is 0 Å². The fourth-order valence-electron chi connectivity index (χ4n) is 4.19. The van der Waals surface area contributed by atoms with Gasteiger partial charge in [-0.05, 0) is 45.7 Å². The molecule has 0 aromatic carbocycles. The van der Waals surface area contributed by atoms with Gasteiger partial charge >= 0.3 is 0 Å². The van der Waals surface area contributed by atoms with Crippen molar-refractivity contribution < 1.29 is 4.79 Å². The zero-order chi connectivity index (χ0) is 20.8. The molecule has 1 N–H and O–H groups in total. The van der Waals surface area contributed by atoms with Crippen LogP contribution in [0.15, 0.2) is 17.1 Å². The lowest BCUT2D eigenvalue weighted by molar-refractivity contribution is -0.130. The molecule has 2 aromatic rings. The number of hydrogen-bond donors (Lipinski definition) is 1. The average molecular weight is 400 g/mol. The molecule has 1 fully saturated rings. The number of pyridine rings is 1. The predicted octanol–water partition coefficient (Wildman–Crippen LogP) is 2.82. The maximum atomic E-state index is 13.4. The van der Waals surface area contributed by atoms with Crippen LogP contribution >= 0.6 is 0 Å². The number of carbonyl (C=O) groups excluding carboxylic acids is 1. The first-order valence-electron chi connectivity index (χ1n) is 11.0. The van der Waals surface area contributed by atoms with Crippen LogP contribution in [0.25, 0.3) is 11.0 Å². The Labute approximate surface area is 172 Å². The Morgan fingerprint density at radius 3 is 2.62 bits per heavy atom. The van der Waals surface area contributed by atoms with Crippen LogP contribution in [0.3, 0.4) is 0 Å². The minimum absolute atomic E-state index is 0.00449. The maximum Gasteiger partial charge on any atom is 0.255 e. The summed E-state index contributed by atoms with van der Waals surface area (Å²) in [6, 6.07) is 2.07. The highest BCUT2D eigenvalue weighted by molar-refractivity contribution is 5.77. The van der Waals surface area contributed by atoms with Crippen LogP contribution < -0.4 is 10.9 Å². The summed E-state index contributed by atoms with van der Waals surface area (Å²) in [5, 5.41) is 4.12. The Kier molecular flexibility index (Phi) is 7.36. The molecular formula is C22H33N5O2. The molecule has 0 bridgehead atoms. The van der Waals surface area contributed by atoms with Gasteiger partial charge in [-0.25, -0.2) is 9.97 Å². The first-order chi connectivity index (χ1) is 14.1. The van der Waals surface area contributed by atoms with Gasteiger partial charge in [0.25, 0.3) is 5.56 Å². The molecule has 2 aromatic heterocycles. The van der Waals surface area contributed by atoms with Crippen molar-refractivity contribution in [3.8, 4) is 0 Å². The summed E-state index contributed by atoms with van der Waals surface area (Å²) in [6.45, 7) is 8.83. The minimum Gasteiger partial charge on any atom is -0.343 e. The van der Waals surface area contributed by atoms with Gasteiger partial charge in [0.05, 0.1) is 6.54 Å². The zero-order valence-corrected chi connectivity index (χ0v) is 17.9. The normalized spacial score (nSPS) is 14.6. The third kappa shape index (κ3) is 4.83. The molecule has 0 unspecified atom stereocenters. The van der Waals surface area contributed by atoms with Crippen molar-refractivity contribution in [1.82, 2.24) is 24.8 Å². The van der Waals surface area contributed by atoms with Crippen LogP contribution in [0.4, 0.5) is 0 Å². The van der Waals surface area contributed by atoms with Gasteiger partial charge < -0.3 is 10.2 Å². The van der Waals surface area contributed by atoms with Crippen LogP contribution in [0.5, 0.6) is 0 Å². The first-order valence-corrected chi connectivity index (χ1v) is 11.0. The topological polar surface area (TPSA) is 80.1 Å². The molecule has 0 atom stereocenters. The van der Waals surface area contributed by atoms with Crippen LogP contribution in [0, 0.1) is 0 Å². The Bertz CT molecular complexity index is 898. The number of hydrogen-bond acceptors (Lipinski definition) is 5. The predicted molar refractivity (Wildman–Crippen MR) is 115 cm³/mol. The number of aromatic nitrogens is 3.